The molecular formula is C24H30N4O4. The molecule has 0 unspecified atom stereocenters. The summed E-state index contributed by atoms with van der Waals surface area (Å²) < 4.78 is 12.1. The molecule has 2 N–H and O–H groups in total. The first-order valence-electron chi connectivity index (χ1n) is 11.0. The van der Waals surface area contributed by atoms with Crippen molar-refractivity contribution in [3.63, 3.8) is 0 Å². The first kappa shape index (κ1) is 22.1. The number of likely N-dealkylation sites (tertiary alicyclic amines) is 1. The average molecular weight is 439 g/mol. The van der Waals surface area contributed by atoms with Crippen molar-refractivity contribution < 1.29 is 19.4 Å². The van der Waals surface area contributed by atoms with Crippen LogP contribution < -0.4 is 14.8 Å². The Morgan fingerprint density at radius 3 is 2.72 bits per heavy atom. The molecular weight excluding hydrogens is 408 g/mol. The van der Waals surface area contributed by atoms with E-state index in [0.29, 0.717) is 12.4 Å². The molecule has 3 heterocycles. The van der Waals surface area contributed by atoms with Crippen LogP contribution in [0.25, 0.3) is 6.08 Å². The number of nitrogens with zero attached hydrogens (tertiary/aromatic N) is 3. The lowest BCUT2D eigenvalue weighted by atomic mass is 9.99. The van der Waals surface area contributed by atoms with Crippen LogP contribution in [0.15, 0.2) is 30.6 Å². The minimum Gasteiger partial charge on any atom is -0.490 e. The summed E-state index contributed by atoms with van der Waals surface area (Å²) in [5.41, 5.74) is 1.88. The molecule has 4 rings (SSSR count). The Morgan fingerprint density at radius 2 is 2.06 bits per heavy atom. The van der Waals surface area contributed by atoms with Crippen LogP contribution in [0.4, 0.5) is 5.82 Å². The molecule has 1 aromatic carbocycles. The lowest BCUT2D eigenvalue weighted by Gasteiger charge is -2.33. The summed E-state index contributed by atoms with van der Waals surface area (Å²) in [6.07, 6.45) is 8.92. The Hall–Kier alpha value is -3.13. The summed E-state index contributed by atoms with van der Waals surface area (Å²) in [4.78, 5) is 21.4. The van der Waals surface area contributed by atoms with Crippen LogP contribution >= 0.6 is 0 Å². The van der Waals surface area contributed by atoms with E-state index in [1.807, 2.05) is 20.8 Å². The van der Waals surface area contributed by atoms with Crippen molar-refractivity contribution in [2.24, 2.45) is 0 Å². The number of aromatic carboxylic acids is 1. The number of carbonyl (C=O) groups is 1. The molecule has 0 aliphatic carbocycles. The predicted molar refractivity (Wildman–Crippen MR) is 122 cm³/mol. The highest BCUT2D eigenvalue weighted by atomic mass is 16.5. The van der Waals surface area contributed by atoms with Crippen molar-refractivity contribution in [1.82, 2.24) is 14.9 Å². The molecule has 0 radical (unpaired) electrons. The van der Waals surface area contributed by atoms with E-state index >= 15 is 0 Å². The van der Waals surface area contributed by atoms with Gasteiger partial charge >= 0.3 is 5.97 Å². The van der Waals surface area contributed by atoms with Gasteiger partial charge in [-0.05, 0) is 57.4 Å². The third-order valence-electron chi connectivity index (χ3n) is 5.69. The molecule has 0 spiro atoms. The number of benzene rings is 1. The quantitative estimate of drug-likeness (QED) is 0.673. The second-order valence-corrected chi connectivity index (χ2v) is 8.77. The predicted octanol–water partition coefficient (Wildman–Crippen LogP) is 3.83. The number of hydrogen-bond acceptors (Lipinski definition) is 7. The molecule has 1 aromatic heterocycles. The van der Waals surface area contributed by atoms with Crippen LogP contribution in [0, 0.1) is 0 Å². The monoisotopic (exact) mass is 438 g/mol. The van der Waals surface area contributed by atoms with Crippen molar-refractivity contribution in [2.75, 3.05) is 25.0 Å². The van der Waals surface area contributed by atoms with Gasteiger partial charge in [-0.1, -0.05) is 6.08 Å². The van der Waals surface area contributed by atoms with Crippen molar-refractivity contribution in [1.29, 1.82) is 0 Å². The maximum atomic E-state index is 10.9. The van der Waals surface area contributed by atoms with Crippen LogP contribution in [0.5, 0.6) is 11.5 Å². The molecule has 2 aliphatic rings. The number of fused-ring (bicyclic) bond motifs is 1. The zero-order valence-corrected chi connectivity index (χ0v) is 18.8. The second-order valence-electron chi connectivity index (χ2n) is 8.77. The van der Waals surface area contributed by atoms with Crippen molar-refractivity contribution >= 4 is 17.9 Å². The number of anilines is 1. The number of aromatic nitrogens is 2. The largest absolute Gasteiger partial charge is 0.490 e. The van der Waals surface area contributed by atoms with E-state index in [9.17, 15) is 4.79 Å². The molecule has 0 saturated carbocycles. The first-order chi connectivity index (χ1) is 15.3. The van der Waals surface area contributed by atoms with Gasteiger partial charge in [0.25, 0.3) is 0 Å². The first-order valence-corrected chi connectivity index (χ1v) is 11.0. The molecule has 2 aromatic rings. The van der Waals surface area contributed by atoms with Crippen molar-refractivity contribution in [3.8, 4) is 11.5 Å². The maximum Gasteiger partial charge on any atom is 0.356 e. The average Bonchev–Trinajstić information content (AvgIpc) is 2.76. The molecule has 1 saturated heterocycles. The molecule has 8 nitrogen and oxygen atoms in total. The van der Waals surface area contributed by atoms with Gasteiger partial charge in [-0.25, -0.2) is 14.8 Å². The van der Waals surface area contributed by atoms with Crippen LogP contribution in [-0.2, 0) is 6.54 Å². The lowest BCUT2D eigenvalue weighted by Crippen LogP contribution is -2.38. The van der Waals surface area contributed by atoms with Crippen LogP contribution in [0.1, 0.15) is 55.2 Å². The zero-order chi connectivity index (χ0) is 22.7. The molecule has 0 amide bonds. The summed E-state index contributed by atoms with van der Waals surface area (Å²) in [5.74, 6) is 1.16. The minimum absolute atomic E-state index is 0.0503. The molecule has 32 heavy (non-hydrogen) atoms. The lowest BCUT2D eigenvalue weighted by molar-refractivity contribution is 0.0690. The highest BCUT2D eigenvalue weighted by Crippen LogP contribution is 2.40. The van der Waals surface area contributed by atoms with Gasteiger partial charge in [-0.3, -0.25) is 4.90 Å². The van der Waals surface area contributed by atoms with Gasteiger partial charge in [-0.2, -0.15) is 0 Å². The number of ether oxygens (including phenoxy) is 2. The SMILES string of the molecule is CCOc1cc(CN2CCC(Nc3cnc(C(=O)O)cn3)CC2)cc2c1OC(C)(C)C=C2. The Kier molecular flexibility index (Phi) is 6.32. The minimum atomic E-state index is -1.07. The molecule has 1 fully saturated rings. The van der Waals surface area contributed by atoms with Crippen LogP contribution in [-0.4, -0.2) is 57.3 Å². The smallest absolute Gasteiger partial charge is 0.356 e. The summed E-state index contributed by atoms with van der Waals surface area (Å²) in [6, 6.07) is 4.58. The van der Waals surface area contributed by atoms with E-state index in [2.05, 4.69) is 44.5 Å². The highest BCUT2D eigenvalue weighted by molar-refractivity contribution is 5.84. The van der Waals surface area contributed by atoms with Crippen molar-refractivity contribution in [3.05, 3.63) is 47.4 Å². The van der Waals surface area contributed by atoms with Crippen LogP contribution in [0.3, 0.4) is 0 Å². The summed E-state index contributed by atoms with van der Waals surface area (Å²) in [7, 11) is 0. The standard InChI is InChI=1S/C24H30N4O4/c1-4-31-20-12-16(11-17-5-8-24(2,3)32-22(17)20)15-28-9-6-18(7-10-28)27-21-14-25-19(13-26-21)23(29)30/h5,8,11-14,18H,4,6-7,9-10,15H2,1-3H3,(H,26,27)(H,29,30). The van der Waals surface area contributed by atoms with Gasteiger partial charge in [0.2, 0.25) is 0 Å². The molecule has 2 aliphatic heterocycles. The summed E-state index contributed by atoms with van der Waals surface area (Å²) in [5, 5.41) is 12.3. The molecule has 8 heteroatoms. The van der Waals surface area contributed by atoms with Gasteiger partial charge in [-0.15, -0.1) is 0 Å². The molecule has 0 atom stereocenters. The number of carboxylic acids is 1. The van der Waals surface area contributed by atoms with Gasteiger partial charge in [0, 0.05) is 31.2 Å². The number of rotatable bonds is 7. The number of carboxylic acid groups (broad SMARTS) is 1. The highest BCUT2D eigenvalue weighted by Gasteiger charge is 2.26. The van der Waals surface area contributed by atoms with E-state index in [-0.39, 0.29) is 17.3 Å². The van der Waals surface area contributed by atoms with E-state index in [1.165, 1.54) is 18.0 Å². The van der Waals surface area contributed by atoms with E-state index < -0.39 is 5.97 Å². The number of nitrogens with one attached hydrogen (secondary N) is 1. The number of piperidine rings is 1. The van der Waals surface area contributed by atoms with Gasteiger partial charge in [0.15, 0.2) is 17.2 Å². The third-order valence-corrected chi connectivity index (χ3v) is 5.69. The zero-order valence-electron chi connectivity index (χ0n) is 18.8. The fourth-order valence-electron chi connectivity index (χ4n) is 4.07. The van der Waals surface area contributed by atoms with E-state index in [4.69, 9.17) is 14.6 Å². The summed E-state index contributed by atoms with van der Waals surface area (Å²) >= 11 is 0. The Morgan fingerprint density at radius 1 is 1.28 bits per heavy atom. The third kappa shape index (κ3) is 5.19. The second kappa shape index (κ2) is 9.16. The van der Waals surface area contributed by atoms with E-state index in [0.717, 1.165) is 49.5 Å². The van der Waals surface area contributed by atoms with Crippen molar-refractivity contribution in [2.45, 2.75) is 51.8 Å². The van der Waals surface area contributed by atoms with Gasteiger partial charge < -0.3 is 19.9 Å². The fraction of sp³-hybridized carbons (Fsp3) is 0.458. The Balaban J connectivity index is 1.37. The van der Waals surface area contributed by atoms with E-state index in [1.54, 1.807) is 0 Å². The van der Waals surface area contributed by atoms with Crippen LogP contribution in [0.2, 0.25) is 0 Å². The van der Waals surface area contributed by atoms with Gasteiger partial charge in [0.05, 0.1) is 19.0 Å². The normalized spacial score (nSPS) is 18.0. The Bertz CT molecular complexity index is 996. The topological polar surface area (TPSA) is 96.8 Å². The van der Waals surface area contributed by atoms with Gasteiger partial charge in [0.1, 0.15) is 11.4 Å². The Labute approximate surface area is 188 Å². The maximum absolute atomic E-state index is 10.9. The summed E-state index contributed by atoms with van der Waals surface area (Å²) in [6.45, 7) is 9.43. The molecule has 170 valence electrons. The number of hydrogen-bond donors (Lipinski definition) is 2. The fourth-order valence-corrected chi connectivity index (χ4v) is 4.07. The molecule has 0 bridgehead atoms.